The second-order valence-electron chi connectivity index (χ2n) is 7.75. The Labute approximate surface area is 197 Å². The van der Waals surface area contributed by atoms with Gasteiger partial charge in [0, 0.05) is 15.9 Å². The number of rotatable bonds is 5. The van der Waals surface area contributed by atoms with E-state index in [-0.39, 0.29) is 11.7 Å². The van der Waals surface area contributed by atoms with Crippen LogP contribution >= 0.6 is 15.9 Å². The number of halogens is 1. The lowest BCUT2D eigenvalue weighted by molar-refractivity contribution is 0.242. The van der Waals surface area contributed by atoms with Crippen LogP contribution < -0.4 is 15.0 Å². The van der Waals surface area contributed by atoms with Gasteiger partial charge in [-0.1, -0.05) is 15.9 Å². The summed E-state index contributed by atoms with van der Waals surface area (Å²) in [7, 11) is 1.54. The Hall–Kier alpha value is -3.72. The second-order valence-corrected chi connectivity index (χ2v) is 8.67. The fourth-order valence-electron chi connectivity index (χ4n) is 3.62. The smallest absolute Gasteiger partial charge is 0.262 e. The number of benzene rings is 2. The molecule has 0 unspecified atom stereocenters. The van der Waals surface area contributed by atoms with E-state index in [2.05, 4.69) is 31.0 Å². The summed E-state index contributed by atoms with van der Waals surface area (Å²) in [5.41, 5.74) is 2.24. The molecule has 1 N–H and O–H groups in total. The third kappa shape index (κ3) is 3.95. The predicted molar refractivity (Wildman–Crippen MR) is 130 cm³/mol. The molecule has 5 rings (SSSR count). The molecular formula is C24H20BrN5O3. The van der Waals surface area contributed by atoms with Crippen LogP contribution in [0.2, 0.25) is 0 Å². The fraction of sp³-hybridized carbons (Fsp3) is 0.167. The number of hydrogen-bond donors (Lipinski definition) is 1. The Morgan fingerprint density at radius 3 is 2.58 bits per heavy atom. The molecule has 0 fully saturated rings. The molecule has 0 amide bonds. The first-order valence-corrected chi connectivity index (χ1v) is 11.1. The summed E-state index contributed by atoms with van der Waals surface area (Å²) in [6, 6.07) is 15.2. The van der Waals surface area contributed by atoms with E-state index in [0.29, 0.717) is 28.3 Å². The third-order valence-electron chi connectivity index (χ3n) is 5.08. The summed E-state index contributed by atoms with van der Waals surface area (Å²) in [6.45, 7) is 3.94. The first kappa shape index (κ1) is 21.1. The average molecular weight is 506 g/mol. The van der Waals surface area contributed by atoms with Crippen molar-refractivity contribution in [3.63, 3.8) is 0 Å². The molecule has 9 heteroatoms. The number of H-pyrrole nitrogens is 1. The lowest BCUT2D eigenvalue weighted by Gasteiger charge is -2.12. The summed E-state index contributed by atoms with van der Waals surface area (Å²) in [5, 5.41) is 5.63. The Kier molecular flexibility index (Phi) is 5.33. The zero-order chi connectivity index (χ0) is 23.1. The van der Waals surface area contributed by atoms with Crippen molar-refractivity contribution in [2.24, 2.45) is 0 Å². The van der Waals surface area contributed by atoms with E-state index in [0.717, 1.165) is 26.8 Å². The van der Waals surface area contributed by atoms with Crippen molar-refractivity contribution in [2.75, 3.05) is 7.11 Å². The SMILES string of the molecule is COc1nc2cc(OC(C)C)ccc2cc1-c1nc2c(cnn2-c2ccc(Br)cc2)c(=O)[nH]1. The number of methoxy groups -OCH3 is 1. The molecule has 0 aliphatic rings. The van der Waals surface area contributed by atoms with Gasteiger partial charge in [0.2, 0.25) is 5.88 Å². The minimum atomic E-state index is -0.291. The Balaban J connectivity index is 1.67. The molecule has 3 aromatic heterocycles. The number of aromatic nitrogens is 5. The highest BCUT2D eigenvalue weighted by atomic mass is 79.9. The van der Waals surface area contributed by atoms with Crippen molar-refractivity contribution < 1.29 is 9.47 Å². The number of fused-ring (bicyclic) bond motifs is 2. The summed E-state index contributed by atoms with van der Waals surface area (Å²) in [5.74, 6) is 1.42. The van der Waals surface area contributed by atoms with Gasteiger partial charge in [0.1, 0.15) is 17.0 Å². The van der Waals surface area contributed by atoms with E-state index in [1.807, 2.05) is 62.4 Å². The molecule has 0 saturated heterocycles. The number of pyridine rings is 1. The maximum atomic E-state index is 12.8. The van der Waals surface area contributed by atoms with Crippen LogP contribution in [0.25, 0.3) is 39.0 Å². The summed E-state index contributed by atoms with van der Waals surface area (Å²) in [6.07, 6.45) is 1.57. The minimum Gasteiger partial charge on any atom is -0.491 e. The van der Waals surface area contributed by atoms with Crippen LogP contribution in [0.1, 0.15) is 13.8 Å². The fourth-order valence-corrected chi connectivity index (χ4v) is 3.88. The molecule has 0 spiro atoms. The molecule has 8 nitrogen and oxygen atoms in total. The molecule has 0 aliphatic heterocycles. The van der Waals surface area contributed by atoms with Gasteiger partial charge in [-0.2, -0.15) is 5.10 Å². The van der Waals surface area contributed by atoms with E-state index in [4.69, 9.17) is 14.5 Å². The topological polar surface area (TPSA) is 94.9 Å². The van der Waals surface area contributed by atoms with Gasteiger partial charge in [0.25, 0.3) is 5.56 Å². The van der Waals surface area contributed by atoms with Crippen molar-refractivity contribution >= 4 is 37.9 Å². The van der Waals surface area contributed by atoms with Crippen LogP contribution in [0.15, 0.2) is 64.0 Å². The number of hydrogen-bond acceptors (Lipinski definition) is 6. The Morgan fingerprint density at radius 2 is 1.85 bits per heavy atom. The molecule has 0 saturated carbocycles. The van der Waals surface area contributed by atoms with Gasteiger partial charge < -0.3 is 14.5 Å². The normalized spacial score (nSPS) is 11.4. The Morgan fingerprint density at radius 1 is 1.06 bits per heavy atom. The quantitative estimate of drug-likeness (QED) is 0.365. The van der Waals surface area contributed by atoms with Gasteiger partial charge >= 0.3 is 0 Å². The maximum absolute atomic E-state index is 12.8. The zero-order valence-corrected chi connectivity index (χ0v) is 19.8. The first-order chi connectivity index (χ1) is 15.9. The minimum absolute atomic E-state index is 0.0557. The summed E-state index contributed by atoms with van der Waals surface area (Å²) >= 11 is 3.43. The van der Waals surface area contributed by atoms with Crippen LogP contribution in [0, 0.1) is 0 Å². The number of nitrogens with zero attached hydrogens (tertiary/aromatic N) is 4. The van der Waals surface area contributed by atoms with Crippen LogP contribution in [0.3, 0.4) is 0 Å². The van der Waals surface area contributed by atoms with Crippen molar-refractivity contribution in [1.29, 1.82) is 0 Å². The van der Waals surface area contributed by atoms with Crippen LogP contribution in [-0.2, 0) is 0 Å². The molecule has 0 atom stereocenters. The summed E-state index contributed by atoms with van der Waals surface area (Å²) in [4.78, 5) is 25.1. The molecule has 0 bridgehead atoms. The van der Waals surface area contributed by atoms with E-state index in [1.54, 1.807) is 4.68 Å². The standard InChI is InChI=1S/C24H20BrN5O3/c1-13(2)33-17-9-4-14-10-18(24(32-3)27-20(14)11-17)21-28-22-19(23(31)29-21)12-26-30(22)16-7-5-15(25)6-8-16/h4-13H,1-3H3,(H,28,29,31). The monoisotopic (exact) mass is 505 g/mol. The highest BCUT2D eigenvalue weighted by molar-refractivity contribution is 9.10. The van der Waals surface area contributed by atoms with Crippen molar-refractivity contribution in [3.05, 3.63) is 69.6 Å². The molecule has 5 aromatic rings. The van der Waals surface area contributed by atoms with Gasteiger partial charge in [-0.15, -0.1) is 0 Å². The molecule has 2 aromatic carbocycles. The van der Waals surface area contributed by atoms with Gasteiger partial charge in [-0.3, -0.25) is 4.79 Å². The lowest BCUT2D eigenvalue weighted by Crippen LogP contribution is -2.11. The second kappa shape index (κ2) is 8.32. The van der Waals surface area contributed by atoms with Gasteiger partial charge in [-0.25, -0.2) is 14.6 Å². The number of nitrogens with one attached hydrogen (secondary N) is 1. The van der Waals surface area contributed by atoms with E-state index in [9.17, 15) is 4.79 Å². The molecular weight excluding hydrogens is 486 g/mol. The number of ether oxygens (including phenoxy) is 2. The van der Waals surface area contributed by atoms with Crippen LogP contribution in [0.4, 0.5) is 0 Å². The van der Waals surface area contributed by atoms with Gasteiger partial charge in [0.15, 0.2) is 5.65 Å². The third-order valence-corrected chi connectivity index (χ3v) is 5.61. The average Bonchev–Trinajstić information content (AvgIpc) is 3.23. The lowest BCUT2D eigenvalue weighted by atomic mass is 10.1. The highest BCUT2D eigenvalue weighted by Gasteiger charge is 2.17. The molecule has 33 heavy (non-hydrogen) atoms. The maximum Gasteiger partial charge on any atom is 0.262 e. The van der Waals surface area contributed by atoms with Crippen molar-refractivity contribution in [3.8, 4) is 28.7 Å². The van der Waals surface area contributed by atoms with Gasteiger partial charge in [0.05, 0.1) is 36.2 Å². The largest absolute Gasteiger partial charge is 0.491 e. The highest BCUT2D eigenvalue weighted by Crippen LogP contribution is 2.31. The summed E-state index contributed by atoms with van der Waals surface area (Å²) < 4.78 is 13.9. The van der Waals surface area contributed by atoms with Crippen molar-refractivity contribution in [2.45, 2.75) is 20.0 Å². The van der Waals surface area contributed by atoms with Crippen LogP contribution in [-0.4, -0.2) is 37.9 Å². The molecule has 166 valence electrons. The molecule has 0 radical (unpaired) electrons. The van der Waals surface area contributed by atoms with Gasteiger partial charge in [-0.05, 0) is 56.3 Å². The van der Waals surface area contributed by atoms with E-state index in [1.165, 1.54) is 13.3 Å². The van der Waals surface area contributed by atoms with Crippen molar-refractivity contribution in [1.82, 2.24) is 24.7 Å². The zero-order valence-electron chi connectivity index (χ0n) is 18.2. The first-order valence-electron chi connectivity index (χ1n) is 10.3. The molecule has 0 aliphatic carbocycles. The predicted octanol–water partition coefficient (Wildman–Crippen LogP) is 4.88. The van der Waals surface area contributed by atoms with E-state index < -0.39 is 0 Å². The Bertz CT molecular complexity index is 1540. The molecule has 3 heterocycles. The number of aromatic amines is 1. The van der Waals surface area contributed by atoms with Crippen LogP contribution in [0.5, 0.6) is 11.6 Å². The van der Waals surface area contributed by atoms with E-state index >= 15 is 0 Å².